The van der Waals surface area contributed by atoms with Gasteiger partial charge >= 0.3 is 0 Å². The van der Waals surface area contributed by atoms with Crippen molar-refractivity contribution in [3.63, 3.8) is 0 Å². The molecule has 0 rings (SSSR count). The van der Waals surface area contributed by atoms with Gasteiger partial charge in [0.1, 0.15) is 6.10 Å². The van der Waals surface area contributed by atoms with Gasteiger partial charge in [-0.3, -0.25) is 0 Å². The zero-order valence-corrected chi connectivity index (χ0v) is 6.16. The van der Waals surface area contributed by atoms with Gasteiger partial charge in [-0.2, -0.15) is 0 Å². The van der Waals surface area contributed by atoms with Gasteiger partial charge in [0.05, 0.1) is 12.7 Å². The Morgan fingerprint density at radius 1 is 1.70 bits per heavy atom. The Bertz CT molecular complexity index is 92.9. The summed E-state index contributed by atoms with van der Waals surface area (Å²) >= 11 is 0. The lowest BCUT2D eigenvalue weighted by atomic mass is 10.1. The summed E-state index contributed by atoms with van der Waals surface area (Å²) in [6.07, 6.45) is 1.07. The minimum absolute atomic E-state index is 0.271. The first-order valence-electron chi connectivity index (χ1n) is 3.18. The van der Waals surface area contributed by atoms with Gasteiger partial charge in [0.2, 0.25) is 0 Å². The quantitative estimate of drug-likeness (QED) is 0.534. The standard InChI is InChI=1S/C7H14O3/c1-3-4-7(10-2)6(9)5-8/h3,6-9H,1,4-5H2,2H3/t6-,7+/m1/s1. The predicted molar refractivity (Wildman–Crippen MR) is 38.7 cm³/mol. The van der Waals surface area contributed by atoms with E-state index in [0.29, 0.717) is 6.42 Å². The third kappa shape index (κ3) is 2.96. The highest BCUT2D eigenvalue weighted by molar-refractivity contribution is 4.77. The van der Waals surface area contributed by atoms with Gasteiger partial charge in [-0.05, 0) is 6.42 Å². The van der Waals surface area contributed by atoms with E-state index in [1.54, 1.807) is 6.08 Å². The maximum absolute atomic E-state index is 9.03. The molecule has 3 heteroatoms. The molecule has 0 saturated heterocycles. The number of aliphatic hydroxyl groups excluding tert-OH is 2. The van der Waals surface area contributed by atoms with E-state index in [1.165, 1.54) is 7.11 Å². The summed E-state index contributed by atoms with van der Waals surface area (Å²) in [6, 6.07) is 0. The van der Waals surface area contributed by atoms with Crippen LogP contribution in [0, 0.1) is 0 Å². The molecule has 0 unspecified atom stereocenters. The SMILES string of the molecule is C=CC[C@H](OC)[C@H](O)CO. The Morgan fingerprint density at radius 2 is 2.30 bits per heavy atom. The van der Waals surface area contributed by atoms with Crippen molar-refractivity contribution in [1.29, 1.82) is 0 Å². The van der Waals surface area contributed by atoms with Crippen LogP contribution in [0.3, 0.4) is 0 Å². The average molecular weight is 146 g/mol. The second kappa shape index (κ2) is 5.41. The number of ether oxygens (including phenoxy) is 1. The van der Waals surface area contributed by atoms with Crippen LogP contribution < -0.4 is 0 Å². The second-order valence-electron chi connectivity index (χ2n) is 2.05. The fourth-order valence-electron chi connectivity index (χ4n) is 0.692. The monoisotopic (exact) mass is 146 g/mol. The molecular weight excluding hydrogens is 132 g/mol. The van der Waals surface area contributed by atoms with Crippen molar-refractivity contribution in [1.82, 2.24) is 0 Å². The molecule has 0 saturated carbocycles. The third-order valence-electron chi connectivity index (χ3n) is 1.32. The molecule has 60 valence electrons. The third-order valence-corrected chi connectivity index (χ3v) is 1.32. The molecule has 0 aromatic heterocycles. The maximum atomic E-state index is 9.03. The zero-order chi connectivity index (χ0) is 7.98. The van der Waals surface area contributed by atoms with Crippen LogP contribution in [-0.4, -0.2) is 36.1 Å². The van der Waals surface area contributed by atoms with Crippen molar-refractivity contribution < 1.29 is 14.9 Å². The molecule has 0 aromatic rings. The van der Waals surface area contributed by atoms with Crippen LogP contribution in [-0.2, 0) is 4.74 Å². The van der Waals surface area contributed by atoms with Gasteiger partial charge in [-0.15, -0.1) is 6.58 Å². The molecule has 0 aliphatic carbocycles. The topological polar surface area (TPSA) is 49.7 Å². The van der Waals surface area contributed by atoms with E-state index in [2.05, 4.69) is 6.58 Å². The number of aliphatic hydroxyl groups is 2. The van der Waals surface area contributed by atoms with Gasteiger partial charge in [0.15, 0.2) is 0 Å². The lowest BCUT2D eigenvalue weighted by Crippen LogP contribution is -2.30. The molecule has 0 radical (unpaired) electrons. The maximum Gasteiger partial charge on any atom is 0.103 e. The molecule has 0 spiro atoms. The summed E-state index contributed by atoms with van der Waals surface area (Å²) in [5, 5.41) is 17.5. The second-order valence-corrected chi connectivity index (χ2v) is 2.05. The van der Waals surface area contributed by atoms with E-state index >= 15 is 0 Å². The fraction of sp³-hybridized carbons (Fsp3) is 0.714. The normalized spacial score (nSPS) is 16.3. The highest BCUT2D eigenvalue weighted by Crippen LogP contribution is 2.02. The highest BCUT2D eigenvalue weighted by Gasteiger charge is 2.15. The number of methoxy groups -OCH3 is 1. The first-order chi connectivity index (χ1) is 4.76. The van der Waals surface area contributed by atoms with Gasteiger partial charge in [0.25, 0.3) is 0 Å². The van der Waals surface area contributed by atoms with E-state index in [-0.39, 0.29) is 12.7 Å². The molecular formula is C7H14O3. The molecule has 0 heterocycles. The van der Waals surface area contributed by atoms with Gasteiger partial charge in [-0.1, -0.05) is 6.08 Å². The number of hydrogen-bond acceptors (Lipinski definition) is 3. The van der Waals surface area contributed by atoms with Crippen molar-refractivity contribution in [2.24, 2.45) is 0 Å². The van der Waals surface area contributed by atoms with Crippen molar-refractivity contribution in [3.8, 4) is 0 Å². The minimum atomic E-state index is -0.803. The van der Waals surface area contributed by atoms with Crippen molar-refractivity contribution in [2.75, 3.05) is 13.7 Å². The molecule has 2 atom stereocenters. The fourth-order valence-corrected chi connectivity index (χ4v) is 0.692. The molecule has 3 nitrogen and oxygen atoms in total. The van der Waals surface area contributed by atoms with Gasteiger partial charge < -0.3 is 14.9 Å². The van der Waals surface area contributed by atoms with E-state index in [4.69, 9.17) is 14.9 Å². The summed E-state index contributed by atoms with van der Waals surface area (Å²) in [4.78, 5) is 0. The van der Waals surface area contributed by atoms with E-state index < -0.39 is 6.10 Å². The summed E-state index contributed by atoms with van der Waals surface area (Å²) < 4.78 is 4.86. The summed E-state index contributed by atoms with van der Waals surface area (Å²) in [5.74, 6) is 0. The summed E-state index contributed by atoms with van der Waals surface area (Å²) in [6.45, 7) is 3.22. The Labute approximate surface area is 60.9 Å². The van der Waals surface area contributed by atoms with Gasteiger partial charge in [-0.25, -0.2) is 0 Å². The van der Waals surface area contributed by atoms with Crippen molar-refractivity contribution >= 4 is 0 Å². The highest BCUT2D eigenvalue weighted by atomic mass is 16.5. The van der Waals surface area contributed by atoms with Crippen LogP contribution in [0.25, 0.3) is 0 Å². The zero-order valence-electron chi connectivity index (χ0n) is 6.16. The van der Waals surface area contributed by atoms with Crippen molar-refractivity contribution in [2.45, 2.75) is 18.6 Å². The molecule has 2 N–H and O–H groups in total. The first kappa shape index (κ1) is 9.62. The van der Waals surface area contributed by atoms with Crippen LogP contribution in [0.2, 0.25) is 0 Å². The first-order valence-corrected chi connectivity index (χ1v) is 3.18. The van der Waals surface area contributed by atoms with Crippen molar-refractivity contribution in [3.05, 3.63) is 12.7 Å². The summed E-state index contributed by atoms with van der Waals surface area (Å²) in [7, 11) is 1.49. The Morgan fingerprint density at radius 3 is 2.60 bits per heavy atom. The lowest BCUT2D eigenvalue weighted by molar-refractivity contribution is -0.0354. The largest absolute Gasteiger partial charge is 0.394 e. The van der Waals surface area contributed by atoms with E-state index in [1.807, 2.05) is 0 Å². The molecule has 0 fully saturated rings. The predicted octanol–water partition coefficient (Wildman–Crippen LogP) is -0.0693. The molecule has 0 bridgehead atoms. The van der Waals surface area contributed by atoms with Crippen LogP contribution in [0.5, 0.6) is 0 Å². The van der Waals surface area contributed by atoms with E-state index in [0.717, 1.165) is 0 Å². The van der Waals surface area contributed by atoms with Crippen LogP contribution in [0.15, 0.2) is 12.7 Å². The van der Waals surface area contributed by atoms with Gasteiger partial charge in [0, 0.05) is 7.11 Å². The smallest absolute Gasteiger partial charge is 0.103 e. The molecule has 0 aliphatic heterocycles. The van der Waals surface area contributed by atoms with Crippen LogP contribution >= 0.6 is 0 Å². The number of rotatable bonds is 5. The minimum Gasteiger partial charge on any atom is -0.394 e. The van der Waals surface area contributed by atoms with Crippen LogP contribution in [0.1, 0.15) is 6.42 Å². The molecule has 0 aliphatic rings. The summed E-state index contributed by atoms with van der Waals surface area (Å²) in [5.41, 5.74) is 0. The molecule has 0 aromatic carbocycles. The lowest BCUT2D eigenvalue weighted by Gasteiger charge is -2.17. The number of hydrogen-bond donors (Lipinski definition) is 2. The Balaban J connectivity index is 3.67. The molecule has 10 heavy (non-hydrogen) atoms. The van der Waals surface area contributed by atoms with Crippen LogP contribution in [0.4, 0.5) is 0 Å². The molecule has 0 amide bonds. The average Bonchev–Trinajstić information content (AvgIpc) is 1.99. The van der Waals surface area contributed by atoms with E-state index in [9.17, 15) is 0 Å². The Kier molecular flexibility index (Phi) is 5.20. The Hall–Kier alpha value is -0.380.